The van der Waals surface area contributed by atoms with Gasteiger partial charge in [-0.25, -0.2) is 0 Å². The zero-order valence-electron chi connectivity index (χ0n) is 12.6. The Kier molecular flexibility index (Phi) is 4.07. The molecule has 3 heterocycles. The lowest BCUT2D eigenvalue weighted by atomic mass is 9.80. The Labute approximate surface area is 135 Å². The lowest BCUT2D eigenvalue weighted by molar-refractivity contribution is -0.0962. The van der Waals surface area contributed by atoms with Gasteiger partial charge in [0.15, 0.2) is 0 Å². The van der Waals surface area contributed by atoms with E-state index in [1.165, 1.54) is 54.9 Å². The molecule has 116 valence electrons. The van der Waals surface area contributed by atoms with E-state index in [0.29, 0.717) is 5.92 Å². The summed E-state index contributed by atoms with van der Waals surface area (Å²) in [4.78, 5) is 3.03. The minimum Gasteiger partial charge on any atom is -0.375 e. The Morgan fingerprint density at radius 3 is 3.00 bits per heavy atom. The van der Waals surface area contributed by atoms with Crippen LogP contribution in [0.15, 0.2) is 6.07 Å². The van der Waals surface area contributed by atoms with E-state index in [2.05, 4.69) is 17.8 Å². The summed E-state index contributed by atoms with van der Waals surface area (Å²) >= 11 is 4.05. The normalized spacial score (nSPS) is 29.5. The predicted octanol–water partition coefficient (Wildman–Crippen LogP) is 4.28. The van der Waals surface area contributed by atoms with Crippen molar-refractivity contribution in [3.05, 3.63) is 21.4 Å². The molecule has 0 bridgehead atoms. The van der Waals surface area contributed by atoms with Crippen molar-refractivity contribution in [2.24, 2.45) is 11.7 Å². The zero-order chi connectivity index (χ0) is 14.3. The Morgan fingerprint density at radius 1 is 1.33 bits per heavy atom. The third kappa shape index (κ3) is 2.80. The van der Waals surface area contributed by atoms with E-state index in [1.807, 2.05) is 11.3 Å². The maximum absolute atomic E-state index is 6.68. The number of fused-ring (bicyclic) bond motifs is 1. The molecule has 2 N–H and O–H groups in total. The number of ether oxygens (including phenoxy) is 1. The van der Waals surface area contributed by atoms with Crippen LogP contribution in [0.3, 0.4) is 0 Å². The third-order valence-corrected chi connectivity index (χ3v) is 7.88. The van der Waals surface area contributed by atoms with Crippen LogP contribution in [-0.4, -0.2) is 18.0 Å². The molecule has 0 amide bonds. The minimum atomic E-state index is 0.188. The summed E-state index contributed by atoms with van der Waals surface area (Å²) in [5, 5.41) is 0. The number of thioether (sulfide) groups is 1. The number of hydrogen-bond acceptors (Lipinski definition) is 4. The molecule has 2 unspecified atom stereocenters. The van der Waals surface area contributed by atoms with E-state index in [-0.39, 0.29) is 11.6 Å². The molecule has 1 saturated carbocycles. The molecule has 0 radical (unpaired) electrons. The molecule has 1 aromatic heterocycles. The Bertz CT molecular complexity index is 483. The first kappa shape index (κ1) is 14.6. The minimum absolute atomic E-state index is 0.188. The van der Waals surface area contributed by atoms with Crippen LogP contribution < -0.4 is 5.73 Å². The van der Waals surface area contributed by atoms with Gasteiger partial charge in [-0.2, -0.15) is 11.8 Å². The number of hydrogen-bond donors (Lipinski definition) is 1. The van der Waals surface area contributed by atoms with E-state index in [0.717, 1.165) is 13.0 Å². The molecule has 2 atom stereocenters. The highest BCUT2D eigenvalue weighted by molar-refractivity contribution is 7.98. The lowest BCUT2D eigenvalue weighted by Gasteiger charge is -2.40. The van der Waals surface area contributed by atoms with Crippen molar-refractivity contribution < 1.29 is 4.74 Å². The average Bonchev–Trinajstić information content (AvgIpc) is 3.13. The van der Waals surface area contributed by atoms with E-state index < -0.39 is 0 Å². The SMILES string of the molecule is NC(c1cc2c(s1)CCSC2)C1CCOC2(CCCC2)C1. The third-order valence-electron chi connectivity index (χ3n) is 5.53. The summed E-state index contributed by atoms with van der Waals surface area (Å²) in [7, 11) is 0. The predicted molar refractivity (Wildman–Crippen MR) is 91.0 cm³/mol. The van der Waals surface area contributed by atoms with E-state index in [4.69, 9.17) is 10.5 Å². The van der Waals surface area contributed by atoms with Crippen molar-refractivity contribution >= 4 is 23.1 Å². The van der Waals surface area contributed by atoms with Crippen LogP contribution in [0, 0.1) is 5.92 Å². The van der Waals surface area contributed by atoms with Crippen LogP contribution in [0.5, 0.6) is 0 Å². The average molecular weight is 324 g/mol. The fourth-order valence-corrected chi connectivity index (χ4v) is 6.78. The number of thiophene rings is 1. The quantitative estimate of drug-likeness (QED) is 0.882. The second-order valence-corrected chi connectivity index (χ2v) is 9.19. The number of aryl methyl sites for hydroxylation is 1. The van der Waals surface area contributed by atoms with Crippen LogP contribution in [-0.2, 0) is 16.9 Å². The van der Waals surface area contributed by atoms with E-state index in [1.54, 1.807) is 10.4 Å². The smallest absolute Gasteiger partial charge is 0.0686 e. The van der Waals surface area contributed by atoms with Crippen LogP contribution in [0.4, 0.5) is 0 Å². The van der Waals surface area contributed by atoms with Crippen molar-refractivity contribution in [2.75, 3.05) is 12.4 Å². The second-order valence-electron chi connectivity index (χ2n) is 6.92. The van der Waals surface area contributed by atoms with Crippen LogP contribution in [0.2, 0.25) is 0 Å². The molecule has 2 aliphatic heterocycles. The Morgan fingerprint density at radius 2 is 2.19 bits per heavy atom. The Balaban J connectivity index is 1.51. The van der Waals surface area contributed by atoms with Gasteiger partial charge in [0.05, 0.1) is 5.60 Å². The number of nitrogens with two attached hydrogens (primary N) is 1. The maximum Gasteiger partial charge on any atom is 0.0686 e. The van der Waals surface area contributed by atoms with E-state index >= 15 is 0 Å². The largest absolute Gasteiger partial charge is 0.375 e. The highest BCUT2D eigenvalue weighted by Gasteiger charge is 2.41. The molecule has 2 fully saturated rings. The van der Waals surface area contributed by atoms with Crippen molar-refractivity contribution in [1.29, 1.82) is 0 Å². The maximum atomic E-state index is 6.68. The summed E-state index contributed by atoms with van der Waals surface area (Å²) in [6, 6.07) is 2.64. The molecule has 21 heavy (non-hydrogen) atoms. The molecule has 0 aromatic carbocycles. The van der Waals surface area contributed by atoms with Gasteiger partial charge in [0, 0.05) is 28.2 Å². The fourth-order valence-electron chi connectivity index (χ4n) is 4.31. The monoisotopic (exact) mass is 323 g/mol. The first-order valence-electron chi connectivity index (χ1n) is 8.35. The van der Waals surface area contributed by atoms with Gasteiger partial charge >= 0.3 is 0 Å². The molecular formula is C17H25NOS2. The van der Waals surface area contributed by atoms with Crippen molar-refractivity contribution in [3.63, 3.8) is 0 Å². The molecule has 1 saturated heterocycles. The Hall–Kier alpha value is -0.0300. The van der Waals surface area contributed by atoms with Gasteiger partial charge < -0.3 is 10.5 Å². The first-order chi connectivity index (χ1) is 10.3. The highest BCUT2D eigenvalue weighted by Crippen LogP contribution is 2.46. The first-order valence-corrected chi connectivity index (χ1v) is 10.3. The van der Waals surface area contributed by atoms with Gasteiger partial charge in [0.25, 0.3) is 0 Å². The molecule has 1 aliphatic carbocycles. The summed E-state index contributed by atoms with van der Waals surface area (Å²) in [5.74, 6) is 3.09. The summed E-state index contributed by atoms with van der Waals surface area (Å²) < 4.78 is 6.17. The molecule has 3 aliphatic rings. The lowest BCUT2D eigenvalue weighted by Crippen LogP contribution is -2.40. The van der Waals surface area contributed by atoms with Crippen LogP contribution in [0.25, 0.3) is 0 Å². The molecule has 4 heteroatoms. The van der Waals surface area contributed by atoms with Gasteiger partial charge in [-0.1, -0.05) is 12.8 Å². The summed E-state index contributed by atoms with van der Waals surface area (Å²) in [5.41, 5.74) is 8.43. The number of rotatable bonds is 2. The standard InChI is InChI=1S/C17H25NOS2/c18-16(15-9-13-11-20-8-4-14(13)21-15)12-3-7-19-17(10-12)5-1-2-6-17/h9,12,16H,1-8,10-11,18H2. The molecule has 1 aromatic rings. The van der Waals surface area contributed by atoms with Crippen LogP contribution in [0.1, 0.15) is 59.9 Å². The second kappa shape index (κ2) is 5.88. The highest BCUT2D eigenvalue weighted by atomic mass is 32.2. The van der Waals surface area contributed by atoms with E-state index in [9.17, 15) is 0 Å². The summed E-state index contributed by atoms with van der Waals surface area (Å²) in [6.45, 7) is 0.916. The van der Waals surface area contributed by atoms with Gasteiger partial charge in [-0.3, -0.25) is 0 Å². The van der Waals surface area contributed by atoms with Gasteiger partial charge in [0.2, 0.25) is 0 Å². The topological polar surface area (TPSA) is 35.2 Å². The molecule has 1 spiro atoms. The molecule has 2 nitrogen and oxygen atoms in total. The van der Waals surface area contributed by atoms with Gasteiger partial charge in [0.1, 0.15) is 0 Å². The van der Waals surface area contributed by atoms with Crippen molar-refractivity contribution in [3.8, 4) is 0 Å². The summed E-state index contributed by atoms with van der Waals surface area (Å²) in [6.07, 6.45) is 8.77. The van der Waals surface area contributed by atoms with Gasteiger partial charge in [-0.15, -0.1) is 11.3 Å². The van der Waals surface area contributed by atoms with Gasteiger partial charge in [-0.05, 0) is 55.4 Å². The fraction of sp³-hybridized carbons (Fsp3) is 0.765. The van der Waals surface area contributed by atoms with Crippen LogP contribution >= 0.6 is 23.1 Å². The van der Waals surface area contributed by atoms with Crippen molar-refractivity contribution in [1.82, 2.24) is 0 Å². The van der Waals surface area contributed by atoms with Crippen molar-refractivity contribution in [2.45, 2.75) is 62.3 Å². The molecular weight excluding hydrogens is 298 g/mol. The zero-order valence-corrected chi connectivity index (χ0v) is 14.2. The molecule has 4 rings (SSSR count).